The van der Waals surface area contributed by atoms with Crippen molar-refractivity contribution in [2.45, 2.75) is 49.7 Å². The summed E-state index contributed by atoms with van der Waals surface area (Å²) in [6, 6.07) is -0.450. The highest BCUT2D eigenvalue weighted by molar-refractivity contribution is 8.00. The SMILES string of the molecule is CC(=O)OC[C@H]1S[C@@H]2OC(=S)N[C@@H]2[C@@H](OC(C)=O)[C@@H]1OC(C)=O. The maximum Gasteiger partial charge on any atom is 0.303 e. The van der Waals surface area contributed by atoms with E-state index in [1.807, 2.05) is 0 Å². The van der Waals surface area contributed by atoms with Gasteiger partial charge in [-0.15, -0.1) is 11.8 Å². The fourth-order valence-electron chi connectivity index (χ4n) is 2.43. The second-order valence-corrected chi connectivity index (χ2v) is 6.78. The molecule has 0 aromatic rings. The maximum atomic E-state index is 11.4. The number of thioether (sulfide) groups is 1. The van der Waals surface area contributed by atoms with E-state index >= 15 is 0 Å². The molecule has 0 spiro atoms. The molecule has 0 aromatic carbocycles. The molecule has 1 N–H and O–H groups in total. The summed E-state index contributed by atoms with van der Waals surface area (Å²) in [7, 11) is 0. The molecule has 10 heteroatoms. The minimum absolute atomic E-state index is 0.00491. The zero-order valence-corrected chi connectivity index (χ0v) is 14.4. The summed E-state index contributed by atoms with van der Waals surface area (Å²) in [5.74, 6) is -1.51. The molecule has 0 radical (unpaired) electrons. The maximum absolute atomic E-state index is 11.4. The van der Waals surface area contributed by atoms with Gasteiger partial charge in [-0.1, -0.05) is 0 Å². The molecule has 5 atom stereocenters. The molecule has 0 amide bonds. The fraction of sp³-hybridized carbons (Fsp3) is 0.692. The number of ether oxygens (including phenoxy) is 4. The number of nitrogens with one attached hydrogen (secondary N) is 1. The Balaban J connectivity index is 2.25. The molecule has 2 aliphatic rings. The monoisotopic (exact) mass is 363 g/mol. The topological polar surface area (TPSA) is 100 Å². The van der Waals surface area contributed by atoms with Crippen LogP contribution in [0.15, 0.2) is 0 Å². The zero-order valence-electron chi connectivity index (χ0n) is 12.8. The van der Waals surface area contributed by atoms with Crippen molar-refractivity contribution in [3.05, 3.63) is 0 Å². The Bertz CT molecular complexity index is 526. The van der Waals surface area contributed by atoms with Crippen LogP contribution in [0.3, 0.4) is 0 Å². The minimum atomic E-state index is -0.802. The first kappa shape index (κ1) is 17.8. The average Bonchev–Trinajstić information content (AvgIpc) is 2.78. The molecule has 0 aromatic heterocycles. The Morgan fingerprint density at radius 3 is 2.30 bits per heavy atom. The Morgan fingerprint density at radius 1 is 1.13 bits per heavy atom. The predicted molar refractivity (Wildman–Crippen MR) is 83.5 cm³/mol. The number of hydrogen-bond donors (Lipinski definition) is 1. The number of rotatable bonds is 4. The van der Waals surface area contributed by atoms with Crippen LogP contribution in [0.5, 0.6) is 0 Å². The summed E-state index contributed by atoms with van der Waals surface area (Å²) >= 11 is 6.30. The molecule has 0 aliphatic carbocycles. The molecule has 8 nitrogen and oxygen atoms in total. The number of carbonyl (C=O) groups excluding carboxylic acids is 3. The minimum Gasteiger partial charge on any atom is -0.465 e. The average molecular weight is 363 g/mol. The van der Waals surface area contributed by atoms with Gasteiger partial charge in [-0.05, 0) is 12.2 Å². The lowest BCUT2D eigenvalue weighted by Gasteiger charge is -2.40. The molecule has 0 bridgehead atoms. The predicted octanol–water partition coefficient (Wildman–Crippen LogP) is 0.128. The van der Waals surface area contributed by atoms with Crippen LogP contribution in [-0.4, -0.2) is 58.6 Å². The molecule has 128 valence electrons. The molecule has 2 rings (SSSR count). The van der Waals surface area contributed by atoms with Crippen LogP contribution < -0.4 is 5.32 Å². The van der Waals surface area contributed by atoms with Crippen LogP contribution in [-0.2, 0) is 33.3 Å². The van der Waals surface area contributed by atoms with E-state index in [9.17, 15) is 14.4 Å². The van der Waals surface area contributed by atoms with Gasteiger partial charge in [-0.3, -0.25) is 14.4 Å². The third-order valence-electron chi connectivity index (χ3n) is 3.21. The third kappa shape index (κ3) is 4.47. The van der Waals surface area contributed by atoms with E-state index in [1.165, 1.54) is 32.5 Å². The molecule has 23 heavy (non-hydrogen) atoms. The van der Waals surface area contributed by atoms with Gasteiger partial charge in [0.2, 0.25) is 0 Å². The first-order valence-corrected chi connectivity index (χ1v) is 8.23. The van der Waals surface area contributed by atoms with Gasteiger partial charge < -0.3 is 24.3 Å². The molecular formula is C13H17NO7S2. The van der Waals surface area contributed by atoms with Crippen molar-refractivity contribution in [1.82, 2.24) is 5.32 Å². The molecule has 2 heterocycles. The lowest BCUT2D eigenvalue weighted by atomic mass is 10.0. The standard InChI is InChI=1S/C13H17NO7S2/c1-5(15)18-4-8-10(19-6(2)16)11(20-7(3)17)9-12(23-8)21-13(22)14-9/h8-12H,4H2,1-3H3,(H,14,22)/t8-,9-,10-,11-,12+/m1/s1. The quantitative estimate of drug-likeness (QED) is 0.421. The van der Waals surface area contributed by atoms with Crippen LogP contribution in [0.1, 0.15) is 20.8 Å². The van der Waals surface area contributed by atoms with Gasteiger partial charge >= 0.3 is 17.9 Å². The first-order chi connectivity index (χ1) is 10.8. The van der Waals surface area contributed by atoms with E-state index in [-0.39, 0.29) is 11.8 Å². The van der Waals surface area contributed by atoms with E-state index in [0.717, 1.165) is 0 Å². The second-order valence-electron chi connectivity index (χ2n) is 5.07. The normalized spacial score (nSPS) is 32.1. The van der Waals surface area contributed by atoms with E-state index in [2.05, 4.69) is 5.32 Å². The molecule has 0 unspecified atom stereocenters. The molecule has 0 saturated carbocycles. The summed E-state index contributed by atoms with van der Waals surface area (Å²) in [4.78, 5) is 33.9. The molecular weight excluding hydrogens is 346 g/mol. The van der Waals surface area contributed by atoms with Crippen molar-refractivity contribution >= 4 is 47.1 Å². The van der Waals surface area contributed by atoms with Gasteiger partial charge in [0.05, 0.1) is 5.25 Å². The van der Waals surface area contributed by atoms with Crippen LogP contribution >= 0.6 is 24.0 Å². The van der Waals surface area contributed by atoms with Crippen molar-refractivity contribution in [2.24, 2.45) is 0 Å². The number of hydrogen-bond acceptors (Lipinski definition) is 9. The van der Waals surface area contributed by atoms with Gasteiger partial charge in [0.25, 0.3) is 5.17 Å². The number of esters is 3. The summed E-state index contributed by atoms with van der Waals surface area (Å²) < 4.78 is 21.2. The van der Waals surface area contributed by atoms with Crippen molar-refractivity contribution in [1.29, 1.82) is 0 Å². The van der Waals surface area contributed by atoms with Crippen LogP contribution in [0.25, 0.3) is 0 Å². The summed E-state index contributed by atoms with van der Waals surface area (Å²) in [6.07, 6.45) is -1.59. The lowest BCUT2D eigenvalue weighted by Crippen LogP contribution is -2.59. The Hall–Kier alpha value is -1.55. The van der Waals surface area contributed by atoms with Crippen LogP contribution in [0, 0.1) is 0 Å². The van der Waals surface area contributed by atoms with Gasteiger partial charge in [0.15, 0.2) is 17.6 Å². The number of thiocarbonyl (C=S) groups is 1. The molecule has 2 fully saturated rings. The summed E-state index contributed by atoms with van der Waals surface area (Å²) in [5, 5.41) is 2.64. The van der Waals surface area contributed by atoms with Crippen molar-refractivity contribution < 1.29 is 33.3 Å². The van der Waals surface area contributed by atoms with Crippen molar-refractivity contribution in [3.63, 3.8) is 0 Å². The summed E-state index contributed by atoms with van der Waals surface area (Å²) in [5.41, 5.74) is -0.431. The van der Waals surface area contributed by atoms with Crippen molar-refractivity contribution in [3.8, 4) is 0 Å². The molecule has 2 saturated heterocycles. The van der Waals surface area contributed by atoms with E-state index < -0.39 is 46.8 Å². The number of carbonyl (C=O) groups is 3. The van der Waals surface area contributed by atoms with E-state index in [4.69, 9.17) is 31.2 Å². The lowest BCUT2D eigenvalue weighted by molar-refractivity contribution is -0.170. The van der Waals surface area contributed by atoms with Crippen LogP contribution in [0.2, 0.25) is 0 Å². The van der Waals surface area contributed by atoms with Gasteiger partial charge in [-0.2, -0.15) is 0 Å². The smallest absolute Gasteiger partial charge is 0.303 e. The van der Waals surface area contributed by atoms with Crippen molar-refractivity contribution in [2.75, 3.05) is 6.61 Å². The highest BCUT2D eigenvalue weighted by Gasteiger charge is 2.53. The first-order valence-electron chi connectivity index (χ1n) is 6.88. The largest absolute Gasteiger partial charge is 0.465 e. The van der Waals surface area contributed by atoms with E-state index in [0.29, 0.717) is 0 Å². The fourth-order valence-corrected chi connectivity index (χ4v) is 4.13. The Morgan fingerprint density at radius 2 is 1.74 bits per heavy atom. The van der Waals surface area contributed by atoms with Crippen LogP contribution in [0.4, 0.5) is 0 Å². The summed E-state index contributed by atoms with van der Waals surface area (Å²) in [6.45, 7) is 3.79. The second kappa shape index (κ2) is 7.35. The van der Waals surface area contributed by atoms with Gasteiger partial charge in [0.1, 0.15) is 12.6 Å². The Kier molecular flexibility index (Phi) is 5.69. The molecule has 2 aliphatic heterocycles. The highest BCUT2D eigenvalue weighted by atomic mass is 32.2. The van der Waals surface area contributed by atoms with Gasteiger partial charge in [0, 0.05) is 20.8 Å². The van der Waals surface area contributed by atoms with Gasteiger partial charge in [-0.25, -0.2) is 0 Å². The third-order valence-corrected chi connectivity index (χ3v) is 4.83. The number of fused-ring (bicyclic) bond motifs is 1. The van der Waals surface area contributed by atoms with E-state index in [1.54, 1.807) is 0 Å². The Labute approximate surface area is 142 Å². The highest BCUT2D eigenvalue weighted by Crippen LogP contribution is 2.39. The zero-order chi connectivity index (χ0) is 17.1.